The molecule has 4 fully saturated rings. The van der Waals surface area contributed by atoms with E-state index in [0.717, 1.165) is 42.0 Å². The minimum atomic E-state index is -4.64. The van der Waals surface area contributed by atoms with Gasteiger partial charge in [-0.3, -0.25) is 39.1 Å². The van der Waals surface area contributed by atoms with Gasteiger partial charge in [0.25, 0.3) is 11.8 Å². The number of hydrogen-bond donors (Lipinski definition) is 3. The second kappa shape index (κ2) is 16.8. The Balaban J connectivity index is 0.760. The van der Waals surface area contributed by atoms with Gasteiger partial charge in [-0.2, -0.15) is 18.4 Å². The number of carbonyl (C=O) groups is 5. The van der Waals surface area contributed by atoms with Crippen LogP contribution in [0.25, 0.3) is 0 Å². The average Bonchev–Trinajstić information content (AvgIpc) is 3.51. The molecular formula is C43H46F3N9O6. The van der Waals surface area contributed by atoms with E-state index in [0.29, 0.717) is 82.9 Å². The molecule has 1 unspecified atom stereocenters. The lowest BCUT2D eigenvalue weighted by molar-refractivity contribution is -0.138. The Morgan fingerprint density at radius 2 is 1.48 bits per heavy atom. The fraction of sp³-hybridized carbons (Fsp3) is 0.465. The number of fused-ring (bicyclic) bond motifs is 1. The Morgan fingerprint density at radius 1 is 0.836 bits per heavy atom. The number of pyridine rings is 1. The molecule has 1 atom stereocenters. The fourth-order valence-electron chi connectivity index (χ4n) is 9.02. The molecule has 0 bridgehead atoms. The van der Waals surface area contributed by atoms with Gasteiger partial charge in [0, 0.05) is 82.6 Å². The van der Waals surface area contributed by atoms with Crippen molar-refractivity contribution in [2.75, 3.05) is 78.9 Å². The third kappa shape index (κ3) is 8.75. The van der Waals surface area contributed by atoms with E-state index in [1.54, 1.807) is 35.4 Å². The number of nitriles is 1. The summed E-state index contributed by atoms with van der Waals surface area (Å²) in [5.41, 5.74) is 0.366. The van der Waals surface area contributed by atoms with E-state index in [1.807, 2.05) is 12.1 Å². The van der Waals surface area contributed by atoms with Crippen LogP contribution >= 0.6 is 0 Å². The predicted molar refractivity (Wildman–Crippen MR) is 217 cm³/mol. The van der Waals surface area contributed by atoms with Crippen LogP contribution in [0.5, 0.6) is 0 Å². The van der Waals surface area contributed by atoms with Crippen molar-refractivity contribution in [2.24, 2.45) is 5.92 Å². The fourth-order valence-corrected chi connectivity index (χ4v) is 9.02. The van der Waals surface area contributed by atoms with Gasteiger partial charge in [0.05, 0.1) is 45.8 Å². The molecule has 5 amide bonds. The van der Waals surface area contributed by atoms with Gasteiger partial charge in [-0.1, -0.05) is 0 Å². The molecule has 15 nitrogen and oxygen atoms in total. The van der Waals surface area contributed by atoms with Gasteiger partial charge in [0.15, 0.2) is 0 Å². The summed E-state index contributed by atoms with van der Waals surface area (Å²) >= 11 is 0. The highest BCUT2D eigenvalue weighted by atomic mass is 19.4. The van der Waals surface area contributed by atoms with Crippen molar-refractivity contribution in [1.82, 2.24) is 20.1 Å². The van der Waals surface area contributed by atoms with Gasteiger partial charge in [-0.25, -0.2) is 4.98 Å². The lowest BCUT2D eigenvalue weighted by atomic mass is 9.87. The molecule has 2 aromatic carbocycles. The molecule has 3 N–H and O–H groups in total. The molecule has 1 aromatic heterocycles. The molecule has 0 radical (unpaired) electrons. The predicted octanol–water partition coefficient (Wildman–Crippen LogP) is 3.77. The van der Waals surface area contributed by atoms with E-state index in [4.69, 9.17) is 5.26 Å². The Morgan fingerprint density at radius 3 is 2.13 bits per heavy atom. The van der Waals surface area contributed by atoms with E-state index < -0.39 is 52.6 Å². The topological polar surface area (TPSA) is 183 Å². The number of imide groups is 2. The Hall–Kier alpha value is -6.06. The van der Waals surface area contributed by atoms with Crippen LogP contribution in [-0.4, -0.2) is 120 Å². The van der Waals surface area contributed by atoms with Crippen molar-refractivity contribution in [2.45, 2.75) is 62.8 Å². The molecule has 3 aromatic rings. The Bertz CT molecular complexity index is 2260. The quantitative estimate of drug-likeness (QED) is 0.266. The Labute approximate surface area is 350 Å². The maximum absolute atomic E-state index is 13.5. The summed E-state index contributed by atoms with van der Waals surface area (Å²) in [4.78, 5) is 77.4. The minimum Gasteiger partial charge on any atom is -0.390 e. The van der Waals surface area contributed by atoms with Gasteiger partial charge in [0.2, 0.25) is 17.7 Å². The van der Waals surface area contributed by atoms with E-state index in [2.05, 4.69) is 30.3 Å². The van der Waals surface area contributed by atoms with Crippen molar-refractivity contribution in [3.63, 3.8) is 0 Å². The number of anilines is 4. The molecule has 0 aliphatic carbocycles. The number of benzene rings is 2. The molecule has 5 aliphatic rings. The average molecular weight is 842 g/mol. The number of rotatable bonds is 9. The summed E-state index contributed by atoms with van der Waals surface area (Å²) in [6, 6.07) is 13.1. The van der Waals surface area contributed by atoms with Crippen LogP contribution < -0.4 is 25.3 Å². The molecule has 5 aliphatic heterocycles. The number of aromatic nitrogens is 1. The zero-order valence-corrected chi connectivity index (χ0v) is 33.4. The van der Waals surface area contributed by atoms with Crippen LogP contribution in [-0.2, 0) is 20.6 Å². The van der Waals surface area contributed by atoms with Gasteiger partial charge < -0.3 is 25.1 Å². The number of aliphatic hydroxyl groups is 1. The number of halogens is 3. The van der Waals surface area contributed by atoms with Gasteiger partial charge in [-0.05, 0) is 87.1 Å². The first kappa shape index (κ1) is 41.7. The highest BCUT2D eigenvalue weighted by Gasteiger charge is 2.45. The first-order valence-corrected chi connectivity index (χ1v) is 20.6. The van der Waals surface area contributed by atoms with Crippen molar-refractivity contribution >= 4 is 52.4 Å². The summed E-state index contributed by atoms with van der Waals surface area (Å²) in [5.74, 6) is -2.23. The molecule has 0 saturated carbocycles. The Kier molecular flexibility index (Phi) is 11.5. The van der Waals surface area contributed by atoms with E-state index in [1.165, 1.54) is 12.1 Å². The summed E-state index contributed by atoms with van der Waals surface area (Å²) in [7, 11) is 0. The number of piperidine rings is 3. The van der Waals surface area contributed by atoms with Gasteiger partial charge in [-0.15, -0.1) is 0 Å². The third-order valence-electron chi connectivity index (χ3n) is 12.8. The van der Waals surface area contributed by atoms with E-state index in [-0.39, 0.29) is 35.8 Å². The number of piperazine rings is 1. The second-order valence-corrected chi connectivity index (χ2v) is 16.5. The maximum atomic E-state index is 13.5. The zero-order valence-electron chi connectivity index (χ0n) is 33.4. The van der Waals surface area contributed by atoms with Crippen LogP contribution in [0, 0.1) is 17.2 Å². The first-order valence-electron chi connectivity index (χ1n) is 20.6. The summed E-state index contributed by atoms with van der Waals surface area (Å²) < 4.78 is 40.4. The van der Waals surface area contributed by atoms with Gasteiger partial charge in [0.1, 0.15) is 11.9 Å². The van der Waals surface area contributed by atoms with E-state index >= 15 is 0 Å². The normalized spacial score (nSPS) is 21.3. The van der Waals surface area contributed by atoms with Crippen LogP contribution in [0.3, 0.4) is 0 Å². The van der Waals surface area contributed by atoms with Crippen molar-refractivity contribution in [3.05, 3.63) is 77.0 Å². The SMILES string of the molecule is N#Cc1ccc(N2CCC(C(=O)Nc3ccc(N4CCC(O)(CCN5CCN(c6ccc7c(c6)C(=O)N(C6CCC(=O)NC6=O)C7=O)CC5)CC4)cn3)CC2)cc1C(F)(F)F. The molecule has 18 heteroatoms. The molecule has 61 heavy (non-hydrogen) atoms. The molecule has 0 spiro atoms. The van der Waals surface area contributed by atoms with Crippen molar-refractivity contribution < 1.29 is 42.3 Å². The monoisotopic (exact) mass is 841 g/mol. The number of nitrogens with one attached hydrogen (secondary N) is 2. The lowest BCUT2D eigenvalue weighted by Crippen LogP contribution is -2.54. The lowest BCUT2D eigenvalue weighted by Gasteiger charge is -2.41. The van der Waals surface area contributed by atoms with Crippen molar-refractivity contribution in [1.29, 1.82) is 5.26 Å². The largest absolute Gasteiger partial charge is 0.417 e. The third-order valence-corrected chi connectivity index (χ3v) is 12.8. The molecule has 6 heterocycles. The van der Waals surface area contributed by atoms with Crippen molar-refractivity contribution in [3.8, 4) is 6.07 Å². The van der Waals surface area contributed by atoms with Crippen LogP contribution in [0.2, 0.25) is 0 Å². The second-order valence-electron chi connectivity index (χ2n) is 16.5. The highest BCUT2D eigenvalue weighted by Crippen LogP contribution is 2.36. The van der Waals surface area contributed by atoms with E-state index in [9.17, 15) is 42.3 Å². The maximum Gasteiger partial charge on any atom is 0.417 e. The minimum absolute atomic E-state index is 0.0625. The number of carbonyl (C=O) groups excluding carboxylic acids is 5. The van der Waals surface area contributed by atoms with Gasteiger partial charge >= 0.3 is 6.18 Å². The standard InChI is InChI=1S/C43H46F3N9O6/c44-43(45,46)34-24-30(2-1-28(34)25-47)52-14-9-27(10-15-52)38(57)49-36-7-4-31(26-48-36)53-17-12-42(61,13-18-53)11-16-51-19-21-54(22-20-51)29-3-5-32-33(23-29)41(60)55(40(32)59)35-6-8-37(56)50-39(35)58/h1-5,7,23-24,26-27,35,61H,6,8-22H2,(H,48,49,57)(H,50,56,58). The smallest absolute Gasteiger partial charge is 0.390 e. The van der Waals surface area contributed by atoms with Crippen LogP contribution in [0.4, 0.5) is 36.1 Å². The molecule has 4 saturated heterocycles. The summed E-state index contributed by atoms with van der Waals surface area (Å²) in [6.45, 7) is 5.71. The number of alkyl halides is 3. The zero-order chi connectivity index (χ0) is 43.1. The summed E-state index contributed by atoms with van der Waals surface area (Å²) in [6.07, 6.45) is -0.0683. The number of nitrogens with zero attached hydrogens (tertiary/aromatic N) is 7. The number of amides is 5. The van der Waals surface area contributed by atoms with Crippen LogP contribution in [0.15, 0.2) is 54.7 Å². The van der Waals surface area contributed by atoms with Crippen LogP contribution in [0.1, 0.15) is 76.8 Å². The highest BCUT2D eigenvalue weighted by molar-refractivity contribution is 6.23. The number of hydrogen-bond acceptors (Lipinski definition) is 12. The molecule has 8 rings (SSSR count). The molecular weight excluding hydrogens is 796 g/mol. The molecule has 320 valence electrons. The summed E-state index contributed by atoms with van der Waals surface area (Å²) in [5, 5.41) is 25.7. The first-order chi connectivity index (χ1) is 29.2.